The number of benzene rings is 1. The number of carbonyl (C=O) groups excluding carboxylic acids is 2. The quantitative estimate of drug-likeness (QED) is 0.731. The fraction of sp³-hybridized carbons (Fsp3) is 0.143. The van der Waals surface area contributed by atoms with Crippen molar-refractivity contribution in [2.45, 2.75) is 20.4 Å². The number of anilines is 1. The highest BCUT2D eigenvalue weighted by molar-refractivity contribution is 6.06. The zero-order chi connectivity index (χ0) is 19.2. The molecule has 0 aliphatic rings. The van der Waals surface area contributed by atoms with Gasteiger partial charge in [0.2, 0.25) is 0 Å². The summed E-state index contributed by atoms with van der Waals surface area (Å²) in [6.45, 7) is 4.28. The lowest BCUT2D eigenvalue weighted by Gasteiger charge is -2.10. The zero-order valence-electron chi connectivity index (χ0n) is 15.2. The van der Waals surface area contributed by atoms with Crippen LogP contribution in [-0.2, 0) is 6.54 Å². The fourth-order valence-corrected chi connectivity index (χ4v) is 2.62. The van der Waals surface area contributed by atoms with E-state index in [-0.39, 0.29) is 17.5 Å². The molecule has 0 radical (unpaired) electrons. The van der Waals surface area contributed by atoms with Crippen LogP contribution in [0.5, 0.6) is 0 Å². The highest BCUT2D eigenvalue weighted by atomic mass is 16.2. The summed E-state index contributed by atoms with van der Waals surface area (Å²) in [6, 6.07) is 12.5. The molecule has 0 unspecified atom stereocenters. The molecule has 0 saturated carbocycles. The van der Waals surface area contributed by atoms with Crippen molar-refractivity contribution in [2.75, 3.05) is 5.32 Å². The van der Waals surface area contributed by atoms with Gasteiger partial charge in [-0.25, -0.2) is 0 Å². The van der Waals surface area contributed by atoms with E-state index >= 15 is 0 Å². The highest BCUT2D eigenvalue weighted by Crippen LogP contribution is 2.17. The van der Waals surface area contributed by atoms with E-state index in [9.17, 15) is 9.59 Å². The van der Waals surface area contributed by atoms with Gasteiger partial charge in [-0.2, -0.15) is 0 Å². The lowest BCUT2D eigenvalue weighted by atomic mass is 10.1. The Hall–Kier alpha value is -3.54. The van der Waals surface area contributed by atoms with Gasteiger partial charge in [-0.1, -0.05) is 23.8 Å². The average Bonchev–Trinajstić information content (AvgIpc) is 2.69. The topological polar surface area (TPSA) is 84.0 Å². The molecule has 0 spiro atoms. The first-order valence-corrected chi connectivity index (χ1v) is 8.54. The second kappa shape index (κ2) is 8.23. The number of hydrogen-bond acceptors (Lipinski definition) is 4. The number of aromatic nitrogens is 2. The number of nitrogens with one attached hydrogen (secondary N) is 2. The molecule has 0 bridgehead atoms. The van der Waals surface area contributed by atoms with Crippen LogP contribution < -0.4 is 10.6 Å². The summed E-state index contributed by atoms with van der Waals surface area (Å²) in [6.07, 6.45) is 4.81. The number of nitrogens with zero attached hydrogens (tertiary/aromatic N) is 2. The minimum Gasteiger partial charge on any atom is -0.347 e. The van der Waals surface area contributed by atoms with Crippen molar-refractivity contribution in [3.63, 3.8) is 0 Å². The van der Waals surface area contributed by atoms with E-state index in [1.54, 1.807) is 24.5 Å². The van der Waals surface area contributed by atoms with Gasteiger partial charge in [-0.15, -0.1) is 0 Å². The summed E-state index contributed by atoms with van der Waals surface area (Å²) in [7, 11) is 0. The van der Waals surface area contributed by atoms with E-state index in [2.05, 4.69) is 20.6 Å². The van der Waals surface area contributed by atoms with Gasteiger partial charge in [-0.3, -0.25) is 19.6 Å². The van der Waals surface area contributed by atoms with Crippen molar-refractivity contribution < 1.29 is 9.59 Å². The molecule has 3 aromatic rings. The molecule has 2 heterocycles. The van der Waals surface area contributed by atoms with E-state index in [1.807, 2.05) is 38.1 Å². The summed E-state index contributed by atoms with van der Waals surface area (Å²) in [5, 5.41) is 5.64. The molecule has 6 heteroatoms. The van der Waals surface area contributed by atoms with Gasteiger partial charge in [0, 0.05) is 36.4 Å². The Bertz CT molecular complexity index is 971. The number of carbonyl (C=O) groups is 2. The Morgan fingerprint density at radius 2 is 1.85 bits per heavy atom. The van der Waals surface area contributed by atoms with Gasteiger partial charge in [-0.05, 0) is 49.2 Å². The van der Waals surface area contributed by atoms with E-state index < -0.39 is 0 Å². The Morgan fingerprint density at radius 3 is 2.59 bits per heavy atom. The van der Waals surface area contributed by atoms with Gasteiger partial charge >= 0.3 is 0 Å². The minimum atomic E-state index is -0.347. The second-order valence-electron chi connectivity index (χ2n) is 6.25. The van der Waals surface area contributed by atoms with Gasteiger partial charge in [0.25, 0.3) is 11.8 Å². The molecular formula is C21H20N4O2. The predicted octanol–water partition coefficient (Wildman–Crippen LogP) is 3.28. The largest absolute Gasteiger partial charge is 0.347 e. The number of hydrogen-bond donors (Lipinski definition) is 2. The molecule has 2 N–H and O–H groups in total. The molecule has 0 aliphatic heterocycles. The lowest BCUT2D eigenvalue weighted by molar-refractivity contribution is 0.0946. The number of aryl methyl sites for hydroxylation is 2. The second-order valence-corrected chi connectivity index (χ2v) is 6.25. The number of pyridine rings is 2. The first kappa shape index (κ1) is 18.3. The molecule has 0 saturated heterocycles. The fourth-order valence-electron chi connectivity index (χ4n) is 2.62. The van der Waals surface area contributed by atoms with E-state index in [1.165, 1.54) is 12.3 Å². The van der Waals surface area contributed by atoms with E-state index in [4.69, 9.17) is 0 Å². The molecule has 1 aromatic carbocycles. The van der Waals surface area contributed by atoms with Crippen molar-refractivity contribution in [3.05, 3.63) is 89.0 Å². The van der Waals surface area contributed by atoms with Crippen molar-refractivity contribution in [3.8, 4) is 0 Å². The maximum Gasteiger partial charge on any atom is 0.270 e. The first-order valence-electron chi connectivity index (χ1n) is 8.54. The van der Waals surface area contributed by atoms with E-state index in [0.717, 1.165) is 22.4 Å². The third-order valence-corrected chi connectivity index (χ3v) is 4.06. The minimum absolute atomic E-state index is 0.187. The average molecular weight is 360 g/mol. The monoisotopic (exact) mass is 360 g/mol. The van der Waals surface area contributed by atoms with Crippen LogP contribution in [0.3, 0.4) is 0 Å². The van der Waals surface area contributed by atoms with Gasteiger partial charge in [0.15, 0.2) is 0 Å². The predicted molar refractivity (Wildman–Crippen MR) is 104 cm³/mol. The van der Waals surface area contributed by atoms with Crippen LogP contribution in [0.15, 0.2) is 61.1 Å². The molecule has 27 heavy (non-hydrogen) atoms. The zero-order valence-corrected chi connectivity index (χ0v) is 15.2. The van der Waals surface area contributed by atoms with Crippen LogP contribution in [0.2, 0.25) is 0 Å². The van der Waals surface area contributed by atoms with Crippen LogP contribution in [0.1, 0.15) is 37.5 Å². The summed E-state index contributed by atoms with van der Waals surface area (Å²) >= 11 is 0. The maximum absolute atomic E-state index is 12.5. The van der Waals surface area contributed by atoms with Crippen LogP contribution in [0.4, 0.5) is 5.69 Å². The van der Waals surface area contributed by atoms with Gasteiger partial charge in [0.1, 0.15) is 5.69 Å². The Kier molecular flexibility index (Phi) is 5.56. The van der Waals surface area contributed by atoms with Crippen molar-refractivity contribution in [1.29, 1.82) is 0 Å². The maximum atomic E-state index is 12.5. The van der Waals surface area contributed by atoms with Crippen LogP contribution in [0.25, 0.3) is 0 Å². The van der Waals surface area contributed by atoms with Crippen molar-refractivity contribution >= 4 is 17.5 Å². The normalized spacial score (nSPS) is 10.3. The molecule has 136 valence electrons. The van der Waals surface area contributed by atoms with E-state index in [0.29, 0.717) is 12.1 Å². The Morgan fingerprint density at radius 1 is 1.00 bits per heavy atom. The van der Waals surface area contributed by atoms with Gasteiger partial charge in [0.05, 0.1) is 0 Å². The van der Waals surface area contributed by atoms with Crippen LogP contribution in [0, 0.1) is 13.8 Å². The standard InChI is InChI=1S/C21H20N4O2/c1-14-5-6-18(15(2)10-14)25-20(26)17-7-9-23-19(11-17)21(27)24-13-16-4-3-8-22-12-16/h3-12H,13H2,1-2H3,(H,24,27)(H,25,26). The number of rotatable bonds is 5. The molecule has 0 atom stereocenters. The molecular weight excluding hydrogens is 340 g/mol. The summed E-state index contributed by atoms with van der Waals surface area (Å²) in [5.41, 5.74) is 4.29. The molecule has 0 fully saturated rings. The Balaban J connectivity index is 1.68. The number of amides is 2. The third kappa shape index (κ3) is 4.76. The smallest absolute Gasteiger partial charge is 0.270 e. The van der Waals surface area contributed by atoms with Crippen LogP contribution in [-0.4, -0.2) is 21.8 Å². The summed E-state index contributed by atoms with van der Waals surface area (Å²) in [4.78, 5) is 32.9. The third-order valence-electron chi connectivity index (χ3n) is 4.06. The van der Waals surface area contributed by atoms with Crippen LogP contribution >= 0.6 is 0 Å². The SMILES string of the molecule is Cc1ccc(NC(=O)c2ccnc(C(=O)NCc3cccnc3)c2)c(C)c1. The van der Waals surface area contributed by atoms with Crippen molar-refractivity contribution in [1.82, 2.24) is 15.3 Å². The van der Waals surface area contributed by atoms with Gasteiger partial charge < -0.3 is 10.6 Å². The molecule has 6 nitrogen and oxygen atoms in total. The Labute approximate surface area is 157 Å². The molecule has 0 aliphatic carbocycles. The summed E-state index contributed by atoms with van der Waals surface area (Å²) in [5.74, 6) is -0.634. The molecule has 2 aromatic heterocycles. The van der Waals surface area contributed by atoms with Crippen molar-refractivity contribution in [2.24, 2.45) is 0 Å². The molecule has 3 rings (SSSR count). The summed E-state index contributed by atoms with van der Waals surface area (Å²) < 4.78 is 0. The lowest BCUT2D eigenvalue weighted by Crippen LogP contribution is -2.24. The highest BCUT2D eigenvalue weighted by Gasteiger charge is 2.13. The first-order chi connectivity index (χ1) is 13.0. The molecule has 2 amide bonds.